The van der Waals surface area contributed by atoms with Gasteiger partial charge in [-0.3, -0.25) is 0 Å². The van der Waals surface area contributed by atoms with Gasteiger partial charge in [0.1, 0.15) is 5.82 Å². The van der Waals surface area contributed by atoms with Crippen molar-refractivity contribution in [2.75, 3.05) is 0 Å². The molecule has 3 heteroatoms. The highest BCUT2D eigenvalue weighted by Crippen LogP contribution is 1.88. The van der Waals surface area contributed by atoms with E-state index in [-0.39, 0.29) is 0 Å². The van der Waals surface area contributed by atoms with Crippen molar-refractivity contribution in [1.82, 2.24) is 5.43 Å². The van der Waals surface area contributed by atoms with E-state index in [1.54, 1.807) is 6.08 Å². The first-order valence-electron chi connectivity index (χ1n) is 2.26. The third-order valence-corrected chi connectivity index (χ3v) is 0.569. The zero-order chi connectivity index (χ0) is 6.57. The predicted molar refractivity (Wildman–Crippen MR) is 34.4 cm³/mol. The van der Waals surface area contributed by atoms with Crippen LogP contribution in [-0.2, 0) is 0 Å². The summed E-state index contributed by atoms with van der Waals surface area (Å²) in [6.07, 6.45) is 1.65. The molecule has 0 rings (SSSR count). The summed E-state index contributed by atoms with van der Waals surface area (Å²) in [6, 6.07) is 0. The Kier molecular flexibility index (Phi) is 2.72. The van der Waals surface area contributed by atoms with Crippen molar-refractivity contribution >= 4 is 0 Å². The molecule has 0 atom stereocenters. The molecular weight excluding hydrogens is 102 g/mol. The van der Waals surface area contributed by atoms with Crippen molar-refractivity contribution in [3.8, 4) is 0 Å². The van der Waals surface area contributed by atoms with Gasteiger partial charge in [-0.2, -0.15) is 0 Å². The van der Waals surface area contributed by atoms with Crippen LogP contribution in [0, 0.1) is 0 Å². The number of rotatable bonds is 2. The molecule has 0 aromatic rings. The maximum absolute atomic E-state index is 5.24. The molecule has 0 unspecified atom stereocenters. The molecule has 0 aliphatic carbocycles. The van der Waals surface area contributed by atoms with Gasteiger partial charge >= 0.3 is 0 Å². The Morgan fingerprint density at radius 3 is 2.38 bits per heavy atom. The first-order valence-corrected chi connectivity index (χ1v) is 2.26. The molecule has 0 saturated heterocycles. The minimum absolute atomic E-state index is 0.428. The summed E-state index contributed by atoms with van der Waals surface area (Å²) in [6.45, 7) is 5.43. The van der Waals surface area contributed by atoms with Gasteiger partial charge in [0.05, 0.1) is 0 Å². The van der Waals surface area contributed by atoms with Gasteiger partial charge in [-0.15, -0.1) is 0 Å². The molecule has 0 bridgehead atoms. The minimum Gasteiger partial charge on any atom is -0.384 e. The van der Waals surface area contributed by atoms with Crippen LogP contribution in [0.15, 0.2) is 24.0 Å². The summed E-state index contributed by atoms with van der Waals surface area (Å²) in [5.41, 5.74) is 8.39. The molecule has 0 aliphatic heterocycles. The van der Waals surface area contributed by atoms with Gasteiger partial charge in [-0.05, 0) is 13.0 Å². The average Bonchev–Trinajstić information content (AvgIpc) is 1.65. The first-order chi connectivity index (χ1) is 3.66. The fraction of sp³-hybridized carbons (Fsp3) is 0.200. The molecule has 0 saturated carbocycles. The van der Waals surface area contributed by atoms with Crippen LogP contribution in [0.2, 0.25) is 0 Å². The van der Waals surface area contributed by atoms with E-state index in [0.717, 1.165) is 5.57 Å². The lowest BCUT2D eigenvalue weighted by atomic mass is 10.3. The normalized spacial score (nSPS) is 11.0. The topological polar surface area (TPSA) is 64.1 Å². The van der Waals surface area contributed by atoms with E-state index in [4.69, 9.17) is 11.6 Å². The second-order valence-electron chi connectivity index (χ2n) is 1.59. The number of hydrazine groups is 1. The van der Waals surface area contributed by atoms with Gasteiger partial charge in [0.25, 0.3) is 0 Å². The van der Waals surface area contributed by atoms with Gasteiger partial charge in [0.15, 0.2) is 0 Å². The molecule has 3 nitrogen and oxygen atoms in total. The molecule has 0 amide bonds. The lowest BCUT2D eigenvalue weighted by molar-refractivity contribution is 0.867. The van der Waals surface area contributed by atoms with Crippen molar-refractivity contribution in [3.63, 3.8) is 0 Å². The number of hydrogen-bond acceptors (Lipinski definition) is 3. The van der Waals surface area contributed by atoms with Crippen LogP contribution in [0.4, 0.5) is 0 Å². The van der Waals surface area contributed by atoms with Gasteiger partial charge < -0.3 is 11.2 Å². The van der Waals surface area contributed by atoms with Crippen LogP contribution in [0.25, 0.3) is 0 Å². The quantitative estimate of drug-likeness (QED) is 0.264. The molecule has 0 spiro atoms. The van der Waals surface area contributed by atoms with E-state index in [1.807, 2.05) is 6.92 Å². The Hall–Kier alpha value is -0.960. The van der Waals surface area contributed by atoms with Crippen LogP contribution in [0.5, 0.6) is 0 Å². The highest BCUT2D eigenvalue weighted by molar-refractivity contribution is 5.14. The summed E-state index contributed by atoms with van der Waals surface area (Å²) in [7, 11) is 0. The molecule has 0 aliphatic rings. The Morgan fingerprint density at radius 2 is 2.25 bits per heavy atom. The van der Waals surface area contributed by atoms with Crippen LogP contribution in [0.3, 0.4) is 0 Å². The summed E-state index contributed by atoms with van der Waals surface area (Å²) in [5.74, 6) is 5.36. The van der Waals surface area contributed by atoms with Gasteiger partial charge in [0, 0.05) is 0 Å². The standard InChI is InChI=1S/C5H11N3/c1-4(2)3-5(6)8-7/h3,8H,1,6-7H2,2H3/b5-3-. The Bertz CT molecular complexity index is 115. The molecule has 0 heterocycles. The first kappa shape index (κ1) is 7.04. The summed E-state index contributed by atoms with van der Waals surface area (Å²) < 4.78 is 0. The Morgan fingerprint density at radius 1 is 1.75 bits per heavy atom. The maximum atomic E-state index is 5.24. The third-order valence-electron chi connectivity index (χ3n) is 0.569. The fourth-order valence-corrected chi connectivity index (χ4v) is 0.307. The van der Waals surface area contributed by atoms with Crippen molar-refractivity contribution in [2.45, 2.75) is 6.92 Å². The van der Waals surface area contributed by atoms with E-state index >= 15 is 0 Å². The predicted octanol–water partition coefficient (Wildman–Crippen LogP) is -0.174. The van der Waals surface area contributed by atoms with Crippen LogP contribution < -0.4 is 17.0 Å². The SMILES string of the molecule is C=C(C)/C=C(/N)NN. The van der Waals surface area contributed by atoms with Gasteiger partial charge in [0.2, 0.25) is 0 Å². The maximum Gasteiger partial charge on any atom is 0.110 e. The van der Waals surface area contributed by atoms with Gasteiger partial charge in [-0.25, -0.2) is 5.84 Å². The zero-order valence-electron chi connectivity index (χ0n) is 4.94. The van der Waals surface area contributed by atoms with Crippen molar-refractivity contribution in [1.29, 1.82) is 0 Å². The van der Waals surface area contributed by atoms with Gasteiger partial charge in [-0.1, -0.05) is 12.2 Å². The van der Waals surface area contributed by atoms with E-state index in [1.165, 1.54) is 0 Å². The summed E-state index contributed by atoms with van der Waals surface area (Å²) >= 11 is 0. The molecule has 8 heavy (non-hydrogen) atoms. The average molecular weight is 113 g/mol. The molecule has 0 fully saturated rings. The smallest absolute Gasteiger partial charge is 0.110 e. The Balaban J connectivity index is 3.75. The third kappa shape index (κ3) is 3.24. The van der Waals surface area contributed by atoms with Crippen LogP contribution in [-0.4, -0.2) is 0 Å². The number of nitrogens with one attached hydrogen (secondary N) is 1. The molecule has 0 aromatic carbocycles. The van der Waals surface area contributed by atoms with Crippen molar-refractivity contribution in [2.24, 2.45) is 11.6 Å². The molecule has 46 valence electrons. The molecule has 0 aromatic heterocycles. The van der Waals surface area contributed by atoms with E-state index in [0.29, 0.717) is 5.82 Å². The van der Waals surface area contributed by atoms with E-state index in [9.17, 15) is 0 Å². The highest BCUT2D eigenvalue weighted by atomic mass is 15.3. The number of hydrogen-bond donors (Lipinski definition) is 3. The summed E-state index contributed by atoms with van der Waals surface area (Å²) in [4.78, 5) is 0. The zero-order valence-corrected chi connectivity index (χ0v) is 4.94. The molecule has 5 N–H and O–H groups in total. The fourth-order valence-electron chi connectivity index (χ4n) is 0.307. The molecular formula is C5H11N3. The second kappa shape index (κ2) is 3.10. The number of nitrogens with two attached hydrogens (primary N) is 2. The molecule has 0 radical (unpaired) electrons. The highest BCUT2D eigenvalue weighted by Gasteiger charge is 1.79. The summed E-state index contributed by atoms with van der Waals surface area (Å²) in [5, 5.41) is 0. The number of allylic oxidation sites excluding steroid dienone is 2. The van der Waals surface area contributed by atoms with Crippen molar-refractivity contribution in [3.05, 3.63) is 24.0 Å². The minimum atomic E-state index is 0.428. The monoisotopic (exact) mass is 113 g/mol. The van der Waals surface area contributed by atoms with E-state index < -0.39 is 0 Å². The largest absolute Gasteiger partial charge is 0.384 e. The lowest BCUT2D eigenvalue weighted by Gasteiger charge is -1.95. The van der Waals surface area contributed by atoms with Crippen molar-refractivity contribution < 1.29 is 0 Å². The second-order valence-corrected chi connectivity index (χ2v) is 1.59. The Labute approximate surface area is 49.0 Å². The van der Waals surface area contributed by atoms with E-state index in [2.05, 4.69) is 12.0 Å². The van der Waals surface area contributed by atoms with Crippen LogP contribution >= 0.6 is 0 Å². The lowest BCUT2D eigenvalue weighted by Crippen LogP contribution is -2.26. The van der Waals surface area contributed by atoms with Crippen LogP contribution in [0.1, 0.15) is 6.92 Å².